The molecule has 10 heavy (non-hydrogen) atoms. The molecule has 58 valence electrons. The number of amides is 1. The lowest BCUT2D eigenvalue weighted by molar-refractivity contribution is -0.136. The molecule has 1 saturated heterocycles. The van der Waals surface area contributed by atoms with Crippen LogP contribution in [0.3, 0.4) is 0 Å². The van der Waals surface area contributed by atoms with Crippen molar-refractivity contribution >= 4 is 5.91 Å². The van der Waals surface area contributed by atoms with Crippen LogP contribution in [0.25, 0.3) is 0 Å². The Balaban J connectivity index is 2.41. The van der Waals surface area contributed by atoms with Crippen molar-refractivity contribution in [1.82, 2.24) is 4.90 Å². The summed E-state index contributed by atoms with van der Waals surface area (Å²) in [5.41, 5.74) is 0. The summed E-state index contributed by atoms with van der Waals surface area (Å²) in [6, 6.07) is 0. The number of ether oxygens (including phenoxy) is 1. The van der Waals surface area contributed by atoms with Crippen molar-refractivity contribution in [3.8, 4) is 0 Å². The second-order valence-corrected chi connectivity index (χ2v) is 2.67. The van der Waals surface area contributed by atoms with Crippen LogP contribution in [-0.2, 0) is 9.53 Å². The van der Waals surface area contributed by atoms with E-state index in [-0.39, 0.29) is 12.0 Å². The van der Waals surface area contributed by atoms with Crippen LogP contribution in [0, 0.1) is 0 Å². The smallest absolute Gasteiger partial charge is 0.224 e. The van der Waals surface area contributed by atoms with E-state index in [0.29, 0.717) is 6.42 Å². The maximum atomic E-state index is 11.0. The number of methoxy groups -OCH3 is 1. The van der Waals surface area contributed by atoms with Gasteiger partial charge in [0.2, 0.25) is 5.91 Å². The fourth-order valence-corrected chi connectivity index (χ4v) is 1.12. The van der Waals surface area contributed by atoms with E-state index < -0.39 is 0 Å². The number of piperidine rings is 1. The Morgan fingerprint density at radius 2 is 2.40 bits per heavy atom. The molecule has 0 aromatic heterocycles. The lowest BCUT2D eigenvalue weighted by Crippen LogP contribution is -2.38. The van der Waals surface area contributed by atoms with Crippen LogP contribution in [0.2, 0.25) is 0 Å². The van der Waals surface area contributed by atoms with Crippen molar-refractivity contribution < 1.29 is 9.53 Å². The summed E-state index contributed by atoms with van der Waals surface area (Å²) in [4.78, 5) is 12.8. The first-order valence-corrected chi connectivity index (χ1v) is 3.51. The summed E-state index contributed by atoms with van der Waals surface area (Å²) in [6.45, 7) is 0.831. The van der Waals surface area contributed by atoms with Crippen LogP contribution in [-0.4, -0.2) is 37.6 Å². The maximum Gasteiger partial charge on any atom is 0.224 e. The van der Waals surface area contributed by atoms with E-state index in [1.807, 2.05) is 7.05 Å². The van der Waals surface area contributed by atoms with Gasteiger partial charge in [0.05, 0.1) is 12.5 Å². The minimum absolute atomic E-state index is 0.156. The Hall–Kier alpha value is -0.570. The summed E-state index contributed by atoms with van der Waals surface area (Å²) in [7, 11) is 3.48. The molecule has 1 rings (SSSR count). The minimum Gasteiger partial charge on any atom is -0.381 e. The molecule has 1 aliphatic heterocycles. The van der Waals surface area contributed by atoms with Crippen molar-refractivity contribution in [1.29, 1.82) is 0 Å². The number of hydrogen-bond acceptors (Lipinski definition) is 2. The van der Waals surface area contributed by atoms with Gasteiger partial charge in [0.25, 0.3) is 0 Å². The highest BCUT2D eigenvalue weighted by Gasteiger charge is 2.22. The highest BCUT2D eigenvalue weighted by atomic mass is 16.5. The zero-order valence-electron chi connectivity index (χ0n) is 6.46. The third-order valence-corrected chi connectivity index (χ3v) is 1.95. The van der Waals surface area contributed by atoms with Gasteiger partial charge in [-0.05, 0) is 6.42 Å². The van der Waals surface area contributed by atoms with Gasteiger partial charge in [-0.1, -0.05) is 0 Å². The molecule has 1 fully saturated rings. The SMILES string of the molecule is CO[C@@H]1CCN(C)C(=O)C1. The van der Waals surface area contributed by atoms with Crippen LogP contribution in [0.5, 0.6) is 0 Å². The molecule has 3 heteroatoms. The quantitative estimate of drug-likeness (QED) is 0.526. The van der Waals surface area contributed by atoms with E-state index in [1.54, 1.807) is 12.0 Å². The Morgan fingerprint density at radius 3 is 2.90 bits per heavy atom. The van der Waals surface area contributed by atoms with Crippen LogP contribution in [0.15, 0.2) is 0 Å². The number of nitrogens with zero attached hydrogens (tertiary/aromatic N) is 1. The largest absolute Gasteiger partial charge is 0.381 e. The molecule has 0 N–H and O–H groups in total. The van der Waals surface area contributed by atoms with Crippen LogP contribution in [0.4, 0.5) is 0 Å². The Bertz CT molecular complexity index is 136. The fraction of sp³-hybridized carbons (Fsp3) is 0.857. The Kier molecular flexibility index (Phi) is 2.27. The molecule has 0 saturated carbocycles. The van der Waals surface area contributed by atoms with Gasteiger partial charge in [-0.2, -0.15) is 0 Å². The van der Waals surface area contributed by atoms with Gasteiger partial charge in [-0.15, -0.1) is 0 Å². The molecule has 0 aromatic carbocycles. The standard InChI is InChI=1S/C7H13NO2/c1-8-4-3-6(10-2)5-7(8)9/h6H,3-5H2,1-2H3/t6-/m1/s1. The Morgan fingerprint density at radius 1 is 1.70 bits per heavy atom. The van der Waals surface area contributed by atoms with Crippen molar-refractivity contribution in [2.75, 3.05) is 20.7 Å². The molecule has 1 aliphatic rings. The van der Waals surface area contributed by atoms with Gasteiger partial charge < -0.3 is 9.64 Å². The second kappa shape index (κ2) is 3.01. The molecule has 0 radical (unpaired) electrons. The van der Waals surface area contributed by atoms with Crippen molar-refractivity contribution in [3.63, 3.8) is 0 Å². The van der Waals surface area contributed by atoms with E-state index >= 15 is 0 Å². The molecule has 1 amide bonds. The molecule has 0 aliphatic carbocycles. The van der Waals surface area contributed by atoms with Crippen LogP contribution in [0.1, 0.15) is 12.8 Å². The average molecular weight is 143 g/mol. The van der Waals surface area contributed by atoms with Crippen molar-refractivity contribution in [2.24, 2.45) is 0 Å². The van der Waals surface area contributed by atoms with Gasteiger partial charge in [0.15, 0.2) is 0 Å². The van der Waals surface area contributed by atoms with E-state index in [0.717, 1.165) is 13.0 Å². The average Bonchev–Trinajstić information content (AvgIpc) is 1.95. The van der Waals surface area contributed by atoms with Crippen molar-refractivity contribution in [2.45, 2.75) is 18.9 Å². The molecule has 3 nitrogen and oxygen atoms in total. The number of hydrogen-bond donors (Lipinski definition) is 0. The van der Waals surface area contributed by atoms with E-state index in [4.69, 9.17) is 4.74 Å². The minimum atomic E-state index is 0.156. The molecule has 1 heterocycles. The number of likely N-dealkylation sites (tertiary alicyclic amines) is 1. The highest BCUT2D eigenvalue weighted by Crippen LogP contribution is 2.11. The van der Waals surface area contributed by atoms with Crippen LogP contribution < -0.4 is 0 Å². The number of carbonyl (C=O) groups is 1. The van der Waals surface area contributed by atoms with Crippen LogP contribution >= 0.6 is 0 Å². The number of rotatable bonds is 1. The third kappa shape index (κ3) is 1.48. The predicted molar refractivity (Wildman–Crippen MR) is 37.7 cm³/mol. The van der Waals surface area contributed by atoms with E-state index in [2.05, 4.69) is 0 Å². The Labute approximate surface area is 61.0 Å². The zero-order chi connectivity index (χ0) is 7.56. The maximum absolute atomic E-state index is 11.0. The molecule has 0 spiro atoms. The van der Waals surface area contributed by atoms with E-state index in [1.165, 1.54) is 0 Å². The summed E-state index contributed by atoms with van der Waals surface area (Å²) in [6.07, 6.45) is 1.68. The highest BCUT2D eigenvalue weighted by molar-refractivity contribution is 5.77. The fourth-order valence-electron chi connectivity index (χ4n) is 1.12. The van der Waals surface area contributed by atoms with Gasteiger partial charge in [0, 0.05) is 20.7 Å². The normalized spacial score (nSPS) is 27.2. The van der Waals surface area contributed by atoms with E-state index in [9.17, 15) is 4.79 Å². The summed E-state index contributed by atoms with van der Waals surface area (Å²) in [5, 5.41) is 0. The second-order valence-electron chi connectivity index (χ2n) is 2.67. The molecular weight excluding hydrogens is 130 g/mol. The lowest BCUT2D eigenvalue weighted by atomic mass is 10.1. The summed E-state index contributed by atoms with van der Waals surface area (Å²) >= 11 is 0. The first-order valence-electron chi connectivity index (χ1n) is 3.51. The zero-order valence-corrected chi connectivity index (χ0v) is 6.46. The summed E-state index contributed by atoms with van der Waals surface area (Å²) < 4.78 is 5.06. The predicted octanol–water partition coefficient (Wildman–Crippen LogP) is 0.254. The topological polar surface area (TPSA) is 29.5 Å². The third-order valence-electron chi connectivity index (χ3n) is 1.95. The first-order chi connectivity index (χ1) is 4.74. The molecule has 0 unspecified atom stereocenters. The molecule has 0 aromatic rings. The monoisotopic (exact) mass is 143 g/mol. The lowest BCUT2D eigenvalue weighted by Gasteiger charge is -2.27. The number of carbonyl (C=O) groups excluding carboxylic acids is 1. The van der Waals surface area contributed by atoms with Gasteiger partial charge in [0.1, 0.15) is 0 Å². The van der Waals surface area contributed by atoms with Gasteiger partial charge in [-0.25, -0.2) is 0 Å². The molecular formula is C7H13NO2. The summed E-state index contributed by atoms with van der Waals surface area (Å²) in [5.74, 6) is 0.193. The van der Waals surface area contributed by atoms with Gasteiger partial charge in [-0.3, -0.25) is 4.79 Å². The molecule has 1 atom stereocenters. The molecule has 0 bridgehead atoms. The first kappa shape index (κ1) is 7.54. The van der Waals surface area contributed by atoms with Gasteiger partial charge >= 0.3 is 0 Å². The van der Waals surface area contributed by atoms with Crippen molar-refractivity contribution in [3.05, 3.63) is 0 Å².